The SMILES string of the molecule is Nc1cc(N2CCOCC2)cc(N2CCOCC2C=O)c1. The quantitative estimate of drug-likeness (QED) is 0.646. The van der Waals surface area contributed by atoms with E-state index in [-0.39, 0.29) is 6.04 Å². The lowest BCUT2D eigenvalue weighted by Gasteiger charge is -2.35. The van der Waals surface area contributed by atoms with Crippen molar-refractivity contribution in [3.63, 3.8) is 0 Å². The van der Waals surface area contributed by atoms with Crippen LogP contribution in [0.1, 0.15) is 0 Å². The van der Waals surface area contributed by atoms with Gasteiger partial charge in [-0.25, -0.2) is 0 Å². The highest BCUT2D eigenvalue weighted by atomic mass is 16.5. The number of hydrogen-bond donors (Lipinski definition) is 1. The van der Waals surface area contributed by atoms with E-state index in [0.29, 0.717) is 25.4 Å². The number of rotatable bonds is 3. The average molecular weight is 291 g/mol. The first-order chi connectivity index (χ1) is 10.3. The number of benzene rings is 1. The van der Waals surface area contributed by atoms with Gasteiger partial charge in [-0.1, -0.05) is 0 Å². The summed E-state index contributed by atoms with van der Waals surface area (Å²) in [5.74, 6) is 0. The maximum absolute atomic E-state index is 11.2. The number of nitrogens with two attached hydrogens (primary N) is 1. The molecular formula is C15H21N3O3. The molecule has 2 heterocycles. The number of nitrogens with zero attached hydrogens (tertiary/aromatic N) is 2. The minimum Gasteiger partial charge on any atom is -0.399 e. The predicted molar refractivity (Wildman–Crippen MR) is 81.9 cm³/mol. The summed E-state index contributed by atoms with van der Waals surface area (Å²) in [7, 11) is 0. The van der Waals surface area contributed by atoms with Crippen LogP contribution in [0.25, 0.3) is 0 Å². The van der Waals surface area contributed by atoms with E-state index in [1.807, 2.05) is 12.1 Å². The molecule has 1 aromatic carbocycles. The molecule has 2 fully saturated rings. The van der Waals surface area contributed by atoms with Crippen LogP contribution in [0.3, 0.4) is 0 Å². The van der Waals surface area contributed by atoms with Crippen molar-refractivity contribution in [2.24, 2.45) is 0 Å². The second-order valence-electron chi connectivity index (χ2n) is 5.35. The second kappa shape index (κ2) is 6.32. The van der Waals surface area contributed by atoms with Gasteiger partial charge in [0.25, 0.3) is 0 Å². The number of hydrogen-bond acceptors (Lipinski definition) is 6. The summed E-state index contributed by atoms with van der Waals surface area (Å²) in [5.41, 5.74) is 8.84. The summed E-state index contributed by atoms with van der Waals surface area (Å²) in [6, 6.07) is 5.76. The predicted octanol–water partition coefficient (Wildman–Crippen LogP) is 0.509. The second-order valence-corrected chi connectivity index (χ2v) is 5.35. The van der Waals surface area contributed by atoms with E-state index in [0.717, 1.165) is 44.0 Å². The van der Waals surface area contributed by atoms with Crippen molar-refractivity contribution in [2.75, 3.05) is 61.6 Å². The van der Waals surface area contributed by atoms with Crippen LogP contribution in [0.4, 0.5) is 17.1 Å². The van der Waals surface area contributed by atoms with Gasteiger partial charge >= 0.3 is 0 Å². The van der Waals surface area contributed by atoms with Crippen molar-refractivity contribution in [1.29, 1.82) is 0 Å². The largest absolute Gasteiger partial charge is 0.399 e. The van der Waals surface area contributed by atoms with Gasteiger partial charge in [0.05, 0.1) is 26.4 Å². The number of ether oxygens (including phenoxy) is 2. The number of aldehydes is 1. The maximum atomic E-state index is 11.2. The Morgan fingerprint density at radius 3 is 2.52 bits per heavy atom. The minimum absolute atomic E-state index is 0.238. The number of morpholine rings is 2. The third-order valence-corrected chi connectivity index (χ3v) is 3.96. The van der Waals surface area contributed by atoms with Crippen molar-refractivity contribution in [3.8, 4) is 0 Å². The lowest BCUT2D eigenvalue weighted by atomic mass is 10.1. The Morgan fingerprint density at radius 1 is 1.05 bits per heavy atom. The van der Waals surface area contributed by atoms with Crippen LogP contribution in [0.2, 0.25) is 0 Å². The number of nitrogen functional groups attached to an aromatic ring is 1. The Labute approximate surface area is 124 Å². The molecule has 1 aromatic rings. The fraction of sp³-hybridized carbons (Fsp3) is 0.533. The smallest absolute Gasteiger partial charge is 0.144 e. The Kier molecular flexibility index (Phi) is 4.26. The topological polar surface area (TPSA) is 68.0 Å². The van der Waals surface area contributed by atoms with Gasteiger partial charge in [0.2, 0.25) is 0 Å². The molecule has 21 heavy (non-hydrogen) atoms. The van der Waals surface area contributed by atoms with Crippen molar-refractivity contribution < 1.29 is 14.3 Å². The summed E-state index contributed by atoms with van der Waals surface area (Å²) < 4.78 is 10.8. The molecule has 1 atom stereocenters. The van der Waals surface area contributed by atoms with Crippen molar-refractivity contribution in [1.82, 2.24) is 0 Å². The Balaban J connectivity index is 1.87. The molecule has 0 spiro atoms. The molecule has 0 radical (unpaired) electrons. The first-order valence-electron chi connectivity index (χ1n) is 7.31. The molecule has 114 valence electrons. The molecule has 2 aliphatic heterocycles. The van der Waals surface area contributed by atoms with Crippen LogP contribution < -0.4 is 15.5 Å². The summed E-state index contributed by atoms with van der Waals surface area (Å²) >= 11 is 0. The lowest BCUT2D eigenvalue weighted by molar-refractivity contribution is -0.111. The van der Waals surface area contributed by atoms with Gasteiger partial charge in [-0.3, -0.25) is 0 Å². The molecule has 0 aromatic heterocycles. The molecule has 2 N–H and O–H groups in total. The van der Waals surface area contributed by atoms with Gasteiger partial charge in [0.15, 0.2) is 0 Å². The highest BCUT2D eigenvalue weighted by molar-refractivity contribution is 5.72. The van der Waals surface area contributed by atoms with Crippen LogP contribution in [0.5, 0.6) is 0 Å². The van der Waals surface area contributed by atoms with E-state index < -0.39 is 0 Å². The fourth-order valence-electron chi connectivity index (χ4n) is 2.84. The summed E-state index contributed by atoms with van der Waals surface area (Å²) in [6.45, 7) is 4.97. The highest BCUT2D eigenvalue weighted by Crippen LogP contribution is 2.29. The van der Waals surface area contributed by atoms with Crippen LogP contribution in [-0.2, 0) is 14.3 Å². The summed E-state index contributed by atoms with van der Waals surface area (Å²) in [4.78, 5) is 15.6. The van der Waals surface area contributed by atoms with Crippen molar-refractivity contribution in [3.05, 3.63) is 18.2 Å². The first-order valence-corrected chi connectivity index (χ1v) is 7.31. The zero-order chi connectivity index (χ0) is 14.7. The zero-order valence-electron chi connectivity index (χ0n) is 12.0. The molecule has 0 saturated carbocycles. The molecule has 0 bridgehead atoms. The summed E-state index contributed by atoms with van der Waals surface area (Å²) in [6.07, 6.45) is 0.941. The number of carbonyl (C=O) groups excluding carboxylic acids is 1. The molecule has 2 saturated heterocycles. The van der Waals surface area contributed by atoms with E-state index in [9.17, 15) is 4.79 Å². The molecule has 3 rings (SSSR count). The minimum atomic E-state index is -0.238. The van der Waals surface area contributed by atoms with E-state index in [1.165, 1.54) is 0 Å². The molecule has 0 aliphatic carbocycles. The number of anilines is 3. The molecule has 1 unspecified atom stereocenters. The molecule has 0 amide bonds. The van der Waals surface area contributed by atoms with Gasteiger partial charge in [-0.05, 0) is 18.2 Å². The fourth-order valence-corrected chi connectivity index (χ4v) is 2.84. The zero-order valence-corrected chi connectivity index (χ0v) is 12.0. The van der Waals surface area contributed by atoms with E-state index in [1.54, 1.807) is 0 Å². The van der Waals surface area contributed by atoms with Crippen LogP contribution in [0, 0.1) is 0 Å². The molecule has 6 heteroatoms. The highest BCUT2D eigenvalue weighted by Gasteiger charge is 2.24. The average Bonchev–Trinajstić information content (AvgIpc) is 2.55. The van der Waals surface area contributed by atoms with E-state index in [2.05, 4.69) is 15.9 Å². The monoisotopic (exact) mass is 291 g/mol. The van der Waals surface area contributed by atoms with Gasteiger partial charge in [0, 0.05) is 36.7 Å². The standard InChI is InChI=1S/C15H21N3O3/c16-12-7-13(17-1-4-20-5-2-17)9-14(8-12)18-3-6-21-11-15(18)10-19/h7-10,15H,1-6,11,16H2. The Morgan fingerprint density at radius 2 is 1.76 bits per heavy atom. The van der Waals surface area contributed by atoms with Gasteiger partial charge < -0.3 is 29.8 Å². The number of carbonyl (C=O) groups is 1. The van der Waals surface area contributed by atoms with Gasteiger partial charge in [0.1, 0.15) is 12.3 Å². The molecular weight excluding hydrogens is 270 g/mol. The third kappa shape index (κ3) is 3.11. The van der Waals surface area contributed by atoms with Gasteiger partial charge in [-0.2, -0.15) is 0 Å². The van der Waals surface area contributed by atoms with E-state index in [4.69, 9.17) is 15.2 Å². The van der Waals surface area contributed by atoms with Crippen molar-refractivity contribution in [2.45, 2.75) is 6.04 Å². The molecule has 6 nitrogen and oxygen atoms in total. The van der Waals surface area contributed by atoms with Crippen molar-refractivity contribution >= 4 is 23.3 Å². The van der Waals surface area contributed by atoms with Crippen LogP contribution in [0.15, 0.2) is 18.2 Å². The van der Waals surface area contributed by atoms with Crippen LogP contribution >= 0.6 is 0 Å². The third-order valence-electron chi connectivity index (χ3n) is 3.96. The summed E-state index contributed by atoms with van der Waals surface area (Å²) in [5, 5.41) is 0. The normalized spacial score (nSPS) is 23.1. The maximum Gasteiger partial charge on any atom is 0.144 e. The van der Waals surface area contributed by atoms with Gasteiger partial charge in [-0.15, -0.1) is 0 Å². The molecule has 2 aliphatic rings. The lowest BCUT2D eigenvalue weighted by Crippen LogP contribution is -2.46. The van der Waals surface area contributed by atoms with E-state index >= 15 is 0 Å². The Hall–Kier alpha value is -1.79. The first kappa shape index (κ1) is 14.2. The van der Waals surface area contributed by atoms with Crippen LogP contribution in [-0.4, -0.2) is 58.4 Å². The Bertz CT molecular complexity index is 503.